The van der Waals surface area contributed by atoms with Crippen LogP contribution in [-0.2, 0) is 16.0 Å². The van der Waals surface area contributed by atoms with Crippen LogP contribution in [0.5, 0.6) is 0 Å². The topological polar surface area (TPSA) is 73.9 Å². The number of morpholine rings is 1. The molecule has 0 unspecified atom stereocenters. The van der Waals surface area contributed by atoms with Gasteiger partial charge in [0.05, 0.1) is 18.8 Å². The number of unbranched alkanes of at least 4 members (excludes halogenated alkanes) is 5. The summed E-state index contributed by atoms with van der Waals surface area (Å²) in [6.45, 7) is 9.15. The predicted octanol–water partition coefficient (Wildman–Crippen LogP) is 6.29. The molecule has 2 saturated heterocycles. The van der Waals surface area contributed by atoms with Crippen molar-refractivity contribution in [1.82, 2.24) is 10.2 Å². The molecule has 2 aliphatic rings. The van der Waals surface area contributed by atoms with Gasteiger partial charge in [-0.25, -0.2) is 0 Å². The standard InChI is InChI=1S/C35H52N4O3/c1-2-3-4-5-6-10-14-34(40)37-31-15-16-33(39-21-17-30(18-22-39)27-29-12-8-7-9-13-29)32(28-31)35(41)36-19-11-20-38-23-25-42-26-24-38/h7-9,12-13,15-16,28,30H,2-6,10-11,14,17-27H2,1H3,(H,36,41)(H,37,40). The zero-order chi connectivity index (χ0) is 29.4. The minimum absolute atomic E-state index is 0.0248. The Kier molecular flexibility index (Phi) is 13.7. The highest BCUT2D eigenvalue weighted by atomic mass is 16.5. The second kappa shape index (κ2) is 17.9. The summed E-state index contributed by atoms with van der Waals surface area (Å²) in [6.07, 6.45) is 11.7. The molecule has 0 bridgehead atoms. The van der Waals surface area contributed by atoms with Gasteiger partial charge in [0.1, 0.15) is 0 Å². The first-order chi connectivity index (χ1) is 20.6. The number of rotatable bonds is 16. The molecule has 2 aromatic carbocycles. The van der Waals surface area contributed by atoms with Crippen LogP contribution in [0.2, 0.25) is 0 Å². The normalized spacial score (nSPS) is 16.4. The van der Waals surface area contributed by atoms with E-state index in [0.29, 0.717) is 30.1 Å². The summed E-state index contributed by atoms with van der Waals surface area (Å²) in [6, 6.07) is 16.6. The van der Waals surface area contributed by atoms with Crippen LogP contribution in [0.1, 0.15) is 87.1 Å². The van der Waals surface area contributed by atoms with Gasteiger partial charge in [-0.2, -0.15) is 0 Å². The molecule has 2 aromatic rings. The van der Waals surface area contributed by atoms with E-state index < -0.39 is 0 Å². The number of anilines is 2. The quantitative estimate of drug-likeness (QED) is 0.230. The number of benzene rings is 2. The van der Waals surface area contributed by atoms with E-state index in [1.807, 2.05) is 18.2 Å². The van der Waals surface area contributed by atoms with Crippen molar-refractivity contribution in [3.05, 3.63) is 59.7 Å². The molecule has 230 valence electrons. The second-order valence-electron chi connectivity index (χ2n) is 12.0. The minimum atomic E-state index is -0.0644. The lowest BCUT2D eigenvalue weighted by Gasteiger charge is -2.35. The van der Waals surface area contributed by atoms with Crippen LogP contribution in [0, 0.1) is 5.92 Å². The minimum Gasteiger partial charge on any atom is -0.379 e. The van der Waals surface area contributed by atoms with Crippen molar-refractivity contribution in [3.63, 3.8) is 0 Å². The summed E-state index contributed by atoms with van der Waals surface area (Å²) < 4.78 is 5.44. The molecule has 2 amide bonds. The van der Waals surface area contributed by atoms with Crippen molar-refractivity contribution in [2.75, 3.05) is 62.7 Å². The maximum absolute atomic E-state index is 13.5. The molecule has 0 aromatic heterocycles. The number of nitrogens with zero attached hydrogens (tertiary/aromatic N) is 2. The number of carbonyl (C=O) groups is 2. The van der Waals surface area contributed by atoms with E-state index in [4.69, 9.17) is 4.74 Å². The molecule has 2 aliphatic heterocycles. The third kappa shape index (κ3) is 10.7. The maximum Gasteiger partial charge on any atom is 0.253 e. The van der Waals surface area contributed by atoms with Crippen molar-refractivity contribution in [2.24, 2.45) is 5.92 Å². The van der Waals surface area contributed by atoms with Crippen molar-refractivity contribution < 1.29 is 14.3 Å². The van der Waals surface area contributed by atoms with E-state index in [-0.39, 0.29) is 11.8 Å². The van der Waals surface area contributed by atoms with Crippen LogP contribution in [0.15, 0.2) is 48.5 Å². The molecule has 2 heterocycles. The molecule has 2 fully saturated rings. The third-order valence-electron chi connectivity index (χ3n) is 8.65. The van der Waals surface area contributed by atoms with Crippen LogP contribution in [0.3, 0.4) is 0 Å². The Morgan fingerprint density at radius 2 is 1.62 bits per heavy atom. The Morgan fingerprint density at radius 3 is 2.38 bits per heavy atom. The third-order valence-corrected chi connectivity index (χ3v) is 8.65. The smallest absolute Gasteiger partial charge is 0.253 e. The average molecular weight is 577 g/mol. The van der Waals surface area contributed by atoms with E-state index >= 15 is 0 Å². The summed E-state index contributed by atoms with van der Waals surface area (Å²) in [4.78, 5) is 30.9. The summed E-state index contributed by atoms with van der Waals surface area (Å²) in [7, 11) is 0. The summed E-state index contributed by atoms with van der Waals surface area (Å²) in [5, 5.41) is 6.22. The van der Waals surface area contributed by atoms with Crippen LogP contribution in [0.25, 0.3) is 0 Å². The van der Waals surface area contributed by atoms with E-state index in [0.717, 1.165) is 90.1 Å². The van der Waals surface area contributed by atoms with Crippen molar-refractivity contribution >= 4 is 23.2 Å². The fourth-order valence-electron chi connectivity index (χ4n) is 6.11. The Bertz CT molecular complexity index is 1080. The monoisotopic (exact) mass is 576 g/mol. The number of carbonyl (C=O) groups excluding carboxylic acids is 2. The van der Waals surface area contributed by atoms with E-state index in [1.165, 1.54) is 31.2 Å². The Morgan fingerprint density at radius 1 is 0.881 bits per heavy atom. The van der Waals surface area contributed by atoms with Crippen molar-refractivity contribution in [2.45, 2.75) is 77.6 Å². The molecule has 42 heavy (non-hydrogen) atoms. The Balaban J connectivity index is 1.34. The first-order valence-corrected chi connectivity index (χ1v) is 16.4. The number of piperidine rings is 1. The molecule has 0 aliphatic carbocycles. The number of hydrogen-bond donors (Lipinski definition) is 2. The van der Waals surface area contributed by atoms with Crippen LogP contribution >= 0.6 is 0 Å². The highest BCUT2D eigenvalue weighted by molar-refractivity contribution is 6.02. The number of hydrogen-bond acceptors (Lipinski definition) is 5. The zero-order valence-corrected chi connectivity index (χ0v) is 25.8. The summed E-state index contributed by atoms with van der Waals surface area (Å²) in [5.41, 5.74) is 3.72. The molecule has 0 radical (unpaired) electrons. The highest BCUT2D eigenvalue weighted by Gasteiger charge is 2.24. The van der Waals surface area contributed by atoms with Crippen molar-refractivity contribution in [1.29, 1.82) is 0 Å². The fourth-order valence-corrected chi connectivity index (χ4v) is 6.11. The van der Waals surface area contributed by atoms with Crippen LogP contribution in [0.4, 0.5) is 11.4 Å². The molecule has 4 rings (SSSR count). The molecule has 0 atom stereocenters. The second-order valence-corrected chi connectivity index (χ2v) is 12.0. The summed E-state index contributed by atoms with van der Waals surface area (Å²) in [5.74, 6) is 0.615. The SMILES string of the molecule is CCCCCCCCC(=O)Nc1ccc(N2CCC(Cc3ccccc3)CC2)c(C(=O)NCCCN2CCOCC2)c1. The molecular formula is C35H52N4O3. The van der Waals surface area contributed by atoms with Gasteiger partial charge in [-0.15, -0.1) is 0 Å². The van der Waals surface area contributed by atoms with Gasteiger partial charge in [-0.05, 0) is 68.3 Å². The lowest BCUT2D eigenvalue weighted by atomic mass is 9.89. The average Bonchev–Trinajstić information content (AvgIpc) is 3.02. The summed E-state index contributed by atoms with van der Waals surface area (Å²) >= 11 is 0. The van der Waals surface area contributed by atoms with E-state index in [9.17, 15) is 9.59 Å². The Hall–Kier alpha value is -2.90. The highest BCUT2D eigenvalue weighted by Crippen LogP contribution is 2.30. The lowest BCUT2D eigenvalue weighted by Crippen LogP contribution is -2.38. The van der Waals surface area contributed by atoms with Gasteiger partial charge in [-0.1, -0.05) is 69.4 Å². The van der Waals surface area contributed by atoms with Gasteiger partial charge < -0.3 is 20.3 Å². The van der Waals surface area contributed by atoms with E-state index in [1.54, 1.807) is 0 Å². The predicted molar refractivity (Wildman–Crippen MR) is 172 cm³/mol. The molecule has 0 saturated carbocycles. The maximum atomic E-state index is 13.5. The number of nitrogens with one attached hydrogen (secondary N) is 2. The number of amides is 2. The zero-order valence-electron chi connectivity index (χ0n) is 25.8. The van der Waals surface area contributed by atoms with Gasteiger partial charge in [0.25, 0.3) is 5.91 Å². The Labute approximate surface area is 253 Å². The molecule has 2 N–H and O–H groups in total. The molecule has 0 spiro atoms. The van der Waals surface area contributed by atoms with Gasteiger partial charge >= 0.3 is 0 Å². The van der Waals surface area contributed by atoms with Crippen LogP contribution < -0.4 is 15.5 Å². The fraction of sp³-hybridized carbons (Fsp3) is 0.600. The first-order valence-electron chi connectivity index (χ1n) is 16.4. The van der Waals surface area contributed by atoms with Crippen molar-refractivity contribution in [3.8, 4) is 0 Å². The van der Waals surface area contributed by atoms with Gasteiger partial charge in [0.2, 0.25) is 5.91 Å². The molecular weight excluding hydrogens is 524 g/mol. The van der Waals surface area contributed by atoms with Gasteiger partial charge in [0.15, 0.2) is 0 Å². The number of ether oxygens (including phenoxy) is 1. The molecule has 7 nitrogen and oxygen atoms in total. The largest absolute Gasteiger partial charge is 0.379 e. The molecule has 7 heteroatoms. The van der Waals surface area contributed by atoms with Gasteiger partial charge in [-0.3, -0.25) is 14.5 Å². The van der Waals surface area contributed by atoms with E-state index in [2.05, 4.69) is 57.7 Å². The van der Waals surface area contributed by atoms with Gasteiger partial charge in [0, 0.05) is 50.5 Å². The van der Waals surface area contributed by atoms with Crippen LogP contribution in [-0.4, -0.2) is 69.2 Å². The lowest BCUT2D eigenvalue weighted by molar-refractivity contribution is -0.116. The first kappa shape index (κ1) is 32.0.